The fourth-order valence-electron chi connectivity index (χ4n) is 0.388. The van der Waals surface area contributed by atoms with E-state index in [4.69, 9.17) is 23.2 Å². The SMILES string of the molecule is CC(C)(C)/C(Cl)=N/N=C(\Cl)C(C)(C)C. The molecule has 0 heterocycles. The second-order valence-corrected chi connectivity index (χ2v) is 6.00. The molecular formula is C10H18Cl2N2. The van der Waals surface area contributed by atoms with Crippen molar-refractivity contribution in [3.63, 3.8) is 0 Å². The molecule has 0 bridgehead atoms. The number of hydrogen-bond acceptors (Lipinski definition) is 2. The first-order chi connectivity index (χ1) is 6.05. The molecule has 0 fully saturated rings. The summed E-state index contributed by atoms with van der Waals surface area (Å²) in [7, 11) is 0. The Kier molecular flexibility index (Phi) is 4.60. The Bertz CT molecular complexity index is 226. The zero-order valence-electron chi connectivity index (χ0n) is 9.65. The van der Waals surface area contributed by atoms with Gasteiger partial charge in [0, 0.05) is 10.8 Å². The second-order valence-electron chi connectivity index (χ2n) is 5.28. The van der Waals surface area contributed by atoms with Gasteiger partial charge < -0.3 is 0 Å². The Hall–Kier alpha value is -0.0800. The smallest absolute Gasteiger partial charge is 0.134 e. The summed E-state index contributed by atoms with van der Waals surface area (Å²) in [6.45, 7) is 11.8. The van der Waals surface area contributed by atoms with Crippen LogP contribution < -0.4 is 0 Å². The summed E-state index contributed by atoms with van der Waals surface area (Å²) < 4.78 is 0. The number of halogens is 2. The highest BCUT2D eigenvalue weighted by Gasteiger charge is 2.19. The van der Waals surface area contributed by atoms with E-state index in [0.29, 0.717) is 10.3 Å². The normalized spacial score (nSPS) is 16.0. The van der Waals surface area contributed by atoms with Crippen molar-refractivity contribution in [2.75, 3.05) is 0 Å². The first kappa shape index (κ1) is 13.9. The number of hydrogen-bond donors (Lipinski definition) is 0. The van der Waals surface area contributed by atoms with Gasteiger partial charge in [0.25, 0.3) is 0 Å². The van der Waals surface area contributed by atoms with Gasteiger partial charge in [-0.3, -0.25) is 0 Å². The van der Waals surface area contributed by atoms with Crippen LogP contribution in [0.4, 0.5) is 0 Å². The molecule has 14 heavy (non-hydrogen) atoms. The lowest BCUT2D eigenvalue weighted by Gasteiger charge is -2.16. The highest BCUT2D eigenvalue weighted by atomic mass is 35.5. The Morgan fingerprint density at radius 3 is 1.07 bits per heavy atom. The topological polar surface area (TPSA) is 24.7 Å². The minimum Gasteiger partial charge on any atom is -0.141 e. The maximum absolute atomic E-state index is 5.94. The van der Waals surface area contributed by atoms with Gasteiger partial charge in [0.15, 0.2) is 0 Å². The molecule has 82 valence electrons. The third-order valence-electron chi connectivity index (χ3n) is 1.46. The summed E-state index contributed by atoms with van der Waals surface area (Å²) in [6, 6.07) is 0. The van der Waals surface area contributed by atoms with E-state index in [1.165, 1.54) is 0 Å². The number of rotatable bonds is 1. The average molecular weight is 237 g/mol. The molecule has 0 aliphatic rings. The van der Waals surface area contributed by atoms with Crippen molar-refractivity contribution in [1.82, 2.24) is 0 Å². The summed E-state index contributed by atoms with van der Waals surface area (Å²) in [6.07, 6.45) is 0. The molecule has 0 aromatic heterocycles. The van der Waals surface area contributed by atoms with Gasteiger partial charge in [-0.2, -0.15) is 0 Å². The molecule has 0 N–H and O–H groups in total. The van der Waals surface area contributed by atoms with Crippen molar-refractivity contribution in [3.05, 3.63) is 0 Å². The molecule has 0 aliphatic carbocycles. The summed E-state index contributed by atoms with van der Waals surface area (Å²) in [4.78, 5) is 0. The Balaban J connectivity index is 4.73. The molecule has 0 saturated heterocycles. The first-order valence-corrected chi connectivity index (χ1v) is 5.28. The van der Waals surface area contributed by atoms with Gasteiger partial charge in [0.1, 0.15) is 10.3 Å². The maximum atomic E-state index is 5.94. The van der Waals surface area contributed by atoms with Crippen LogP contribution in [0.1, 0.15) is 41.5 Å². The predicted octanol–water partition coefficient (Wildman–Crippen LogP) is 4.27. The largest absolute Gasteiger partial charge is 0.141 e. The molecular weight excluding hydrogens is 219 g/mol. The van der Waals surface area contributed by atoms with E-state index in [0.717, 1.165) is 0 Å². The van der Waals surface area contributed by atoms with Gasteiger partial charge in [-0.15, -0.1) is 10.2 Å². The van der Waals surface area contributed by atoms with E-state index in [9.17, 15) is 0 Å². The fraction of sp³-hybridized carbons (Fsp3) is 0.800. The first-order valence-electron chi connectivity index (χ1n) is 4.53. The fourth-order valence-corrected chi connectivity index (χ4v) is 0.463. The van der Waals surface area contributed by atoms with Gasteiger partial charge in [-0.1, -0.05) is 64.7 Å². The van der Waals surface area contributed by atoms with Gasteiger partial charge in [-0.05, 0) is 0 Å². The van der Waals surface area contributed by atoms with Crippen LogP contribution in [-0.2, 0) is 0 Å². The average Bonchev–Trinajstić information content (AvgIpc) is 1.95. The molecule has 4 heteroatoms. The molecule has 0 aromatic rings. The Labute approximate surface area is 96.4 Å². The van der Waals surface area contributed by atoms with E-state index >= 15 is 0 Å². The van der Waals surface area contributed by atoms with Crippen LogP contribution in [0.3, 0.4) is 0 Å². The van der Waals surface area contributed by atoms with E-state index in [2.05, 4.69) is 10.2 Å². The second kappa shape index (κ2) is 4.63. The predicted molar refractivity (Wildman–Crippen MR) is 65.5 cm³/mol. The maximum Gasteiger partial charge on any atom is 0.134 e. The van der Waals surface area contributed by atoms with Crippen LogP contribution >= 0.6 is 23.2 Å². The van der Waals surface area contributed by atoms with Crippen LogP contribution in [0.25, 0.3) is 0 Å². The van der Waals surface area contributed by atoms with Gasteiger partial charge in [0.2, 0.25) is 0 Å². The monoisotopic (exact) mass is 236 g/mol. The van der Waals surface area contributed by atoms with Crippen LogP contribution in [0, 0.1) is 10.8 Å². The number of nitrogens with zero attached hydrogens (tertiary/aromatic N) is 2. The van der Waals surface area contributed by atoms with Gasteiger partial charge >= 0.3 is 0 Å². The van der Waals surface area contributed by atoms with Crippen molar-refractivity contribution < 1.29 is 0 Å². The van der Waals surface area contributed by atoms with Crippen molar-refractivity contribution in [3.8, 4) is 0 Å². The molecule has 0 atom stereocenters. The molecule has 0 aromatic carbocycles. The third kappa shape index (κ3) is 4.97. The van der Waals surface area contributed by atoms with Crippen LogP contribution in [-0.4, -0.2) is 10.3 Å². The van der Waals surface area contributed by atoms with Crippen molar-refractivity contribution in [2.45, 2.75) is 41.5 Å². The standard InChI is InChI=1S/C10H18Cl2N2/c1-9(2,3)7(11)13-14-8(12)10(4,5)6/h1-6H3/b13-7-,14-8-. The Morgan fingerprint density at radius 2 is 0.929 bits per heavy atom. The molecule has 0 rings (SSSR count). The quantitative estimate of drug-likeness (QED) is 0.480. The van der Waals surface area contributed by atoms with E-state index in [-0.39, 0.29) is 10.8 Å². The molecule has 0 radical (unpaired) electrons. The van der Waals surface area contributed by atoms with Gasteiger partial charge in [-0.25, -0.2) is 0 Å². The Morgan fingerprint density at radius 1 is 0.714 bits per heavy atom. The summed E-state index contributed by atoms with van der Waals surface area (Å²) >= 11 is 11.9. The van der Waals surface area contributed by atoms with Crippen molar-refractivity contribution >= 4 is 33.5 Å². The zero-order chi connectivity index (χ0) is 11.6. The highest BCUT2D eigenvalue weighted by Crippen LogP contribution is 2.21. The van der Waals surface area contributed by atoms with Crippen molar-refractivity contribution in [1.29, 1.82) is 0 Å². The van der Waals surface area contributed by atoms with E-state index in [1.54, 1.807) is 0 Å². The van der Waals surface area contributed by atoms with Crippen LogP contribution in [0.15, 0.2) is 10.2 Å². The lowest BCUT2D eigenvalue weighted by atomic mass is 9.98. The molecule has 0 aliphatic heterocycles. The lowest BCUT2D eigenvalue weighted by Crippen LogP contribution is -2.16. The van der Waals surface area contributed by atoms with Crippen molar-refractivity contribution in [2.24, 2.45) is 21.0 Å². The summed E-state index contributed by atoms with van der Waals surface area (Å²) in [5.74, 6) is 0. The van der Waals surface area contributed by atoms with E-state index in [1.807, 2.05) is 41.5 Å². The third-order valence-corrected chi connectivity index (χ3v) is 2.75. The highest BCUT2D eigenvalue weighted by molar-refractivity contribution is 6.67. The molecule has 2 nitrogen and oxygen atoms in total. The lowest BCUT2D eigenvalue weighted by molar-refractivity contribution is 0.591. The minimum absolute atomic E-state index is 0.180. The summed E-state index contributed by atoms with van der Waals surface area (Å²) in [5, 5.41) is 8.72. The minimum atomic E-state index is -0.180. The zero-order valence-corrected chi connectivity index (χ0v) is 11.2. The van der Waals surface area contributed by atoms with E-state index < -0.39 is 0 Å². The van der Waals surface area contributed by atoms with Crippen LogP contribution in [0.2, 0.25) is 0 Å². The van der Waals surface area contributed by atoms with Crippen LogP contribution in [0.5, 0.6) is 0 Å². The molecule has 0 saturated carbocycles. The summed E-state index contributed by atoms with van der Waals surface area (Å²) in [5.41, 5.74) is -0.361. The van der Waals surface area contributed by atoms with Gasteiger partial charge in [0.05, 0.1) is 0 Å². The molecule has 0 unspecified atom stereocenters. The molecule has 0 amide bonds. The molecule has 0 spiro atoms.